The first-order valence-electron chi connectivity index (χ1n) is 10.5. The molecule has 11 heteroatoms. The summed E-state index contributed by atoms with van der Waals surface area (Å²) in [6, 6.07) is 22.3. The number of rotatable bonds is 9. The second-order valence-corrected chi connectivity index (χ2v) is 8.71. The fourth-order valence-corrected chi connectivity index (χ4v) is 3.77. The van der Waals surface area contributed by atoms with Crippen LogP contribution in [0.1, 0.15) is 11.1 Å². The number of hydrazone groups is 1. The molecular weight excluding hydrogens is 486 g/mol. The molecule has 4 N–H and O–H groups in total. The van der Waals surface area contributed by atoms with E-state index in [4.69, 9.17) is 22.2 Å². The predicted molar refractivity (Wildman–Crippen MR) is 140 cm³/mol. The number of benzene rings is 3. The molecular formula is C24H22ClN7O2S. The molecule has 178 valence electrons. The van der Waals surface area contributed by atoms with Gasteiger partial charge in [-0.15, -0.1) is 10.2 Å². The van der Waals surface area contributed by atoms with E-state index in [-0.39, 0.29) is 17.6 Å². The van der Waals surface area contributed by atoms with Crippen molar-refractivity contribution < 1.29 is 9.53 Å². The third-order valence-electron chi connectivity index (χ3n) is 4.69. The van der Waals surface area contributed by atoms with Gasteiger partial charge in [-0.25, -0.2) is 10.1 Å². The number of hydrogen-bond donors (Lipinski definition) is 3. The molecule has 1 heterocycles. The van der Waals surface area contributed by atoms with E-state index >= 15 is 0 Å². The number of aryl methyl sites for hydroxylation is 1. The van der Waals surface area contributed by atoms with E-state index in [1.165, 1.54) is 4.68 Å². The van der Waals surface area contributed by atoms with Crippen molar-refractivity contribution in [3.63, 3.8) is 0 Å². The molecule has 4 aromatic rings. The summed E-state index contributed by atoms with van der Waals surface area (Å²) in [5.74, 6) is 7.59. The summed E-state index contributed by atoms with van der Waals surface area (Å²) >= 11 is 7.15. The number of nitrogens with zero attached hydrogens (tertiary/aromatic N) is 4. The zero-order chi connectivity index (χ0) is 24.6. The first-order chi connectivity index (χ1) is 17.0. The Morgan fingerprint density at radius 2 is 1.91 bits per heavy atom. The Morgan fingerprint density at radius 3 is 2.74 bits per heavy atom. The molecule has 1 aromatic heterocycles. The zero-order valence-electron chi connectivity index (χ0n) is 18.7. The van der Waals surface area contributed by atoms with Gasteiger partial charge in [-0.1, -0.05) is 59.8 Å². The van der Waals surface area contributed by atoms with Crippen LogP contribution in [-0.4, -0.2) is 32.7 Å². The topological polar surface area (TPSA) is 119 Å². The highest BCUT2D eigenvalue weighted by Crippen LogP contribution is 2.23. The van der Waals surface area contributed by atoms with Gasteiger partial charge in [0.05, 0.1) is 12.0 Å². The lowest BCUT2D eigenvalue weighted by Crippen LogP contribution is -2.17. The van der Waals surface area contributed by atoms with Crippen molar-refractivity contribution in [3.8, 4) is 11.5 Å². The predicted octanol–water partition coefficient (Wildman–Crippen LogP) is 4.92. The van der Waals surface area contributed by atoms with Gasteiger partial charge in [-0.05, 0) is 54.4 Å². The molecule has 0 aliphatic rings. The summed E-state index contributed by atoms with van der Waals surface area (Å²) < 4.78 is 7.06. The second kappa shape index (κ2) is 11.4. The Morgan fingerprint density at radius 1 is 1.11 bits per heavy atom. The van der Waals surface area contributed by atoms with Gasteiger partial charge < -0.3 is 15.9 Å². The van der Waals surface area contributed by atoms with Crippen molar-refractivity contribution in [1.82, 2.24) is 14.9 Å². The number of ether oxygens (including phenoxy) is 1. The van der Waals surface area contributed by atoms with Gasteiger partial charge in [0.1, 0.15) is 11.5 Å². The Hall–Kier alpha value is -4.02. The van der Waals surface area contributed by atoms with Crippen LogP contribution in [0.25, 0.3) is 0 Å². The molecule has 0 saturated heterocycles. The van der Waals surface area contributed by atoms with Crippen LogP contribution in [0.3, 0.4) is 0 Å². The lowest BCUT2D eigenvalue weighted by molar-refractivity contribution is -0.113. The minimum absolute atomic E-state index is 0.0960. The van der Waals surface area contributed by atoms with Crippen LogP contribution in [0.2, 0.25) is 5.02 Å². The zero-order valence-corrected chi connectivity index (χ0v) is 20.3. The van der Waals surface area contributed by atoms with Crippen molar-refractivity contribution >= 4 is 47.1 Å². The molecule has 0 spiro atoms. The number of amides is 1. The molecule has 0 fully saturated rings. The molecule has 0 saturated carbocycles. The van der Waals surface area contributed by atoms with Crippen molar-refractivity contribution in [1.29, 1.82) is 0 Å². The van der Waals surface area contributed by atoms with Crippen molar-refractivity contribution in [3.05, 3.63) is 88.9 Å². The Balaban J connectivity index is 1.31. The maximum atomic E-state index is 12.3. The lowest BCUT2D eigenvalue weighted by Gasteiger charge is -2.08. The van der Waals surface area contributed by atoms with Gasteiger partial charge >= 0.3 is 0 Å². The van der Waals surface area contributed by atoms with Crippen molar-refractivity contribution in [2.24, 2.45) is 5.10 Å². The number of carbonyl (C=O) groups excluding carboxylic acids is 1. The van der Waals surface area contributed by atoms with Gasteiger partial charge in [0.15, 0.2) is 0 Å². The van der Waals surface area contributed by atoms with Crippen LogP contribution < -0.4 is 21.3 Å². The molecule has 0 atom stereocenters. The molecule has 0 radical (unpaired) electrons. The van der Waals surface area contributed by atoms with Crippen molar-refractivity contribution in [2.75, 3.05) is 22.3 Å². The first-order valence-corrected chi connectivity index (χ1v) is 11.9. The average Bonchev–Trinajstić information content (AvgIpc) is 3.20. The highest BCUT2D eigenvalue weighted by Gasteiger charge is 2.13. The van der Waals surface area contributed by atoms with Crippen LogP contribution in [-0.2, 0) is 4.79 Å². The molecule has 35 heavy (non-hydrogen) atoms. The average molecular weight is 508 g/mol. The molecule has 0 aliphatic heterocycles. The van der Waals surface area contributed by atoms with Gasteiger partial charge in [0.2, 0.25) is 11.1 Å². The Bertz CT molecular complexity index is 1340. The van der Waals surface area contributed by atoms with E-state index in [9.17, 15) is 4.79 Å². The number of thioether (sulfide) groups is 1. The third kappa shape index (κ3) is 6.75. The van der Waals surface area contributed by atoms with E-state index in [0.717, 1.165) is 28.6 Å². The molecule has 1 amide bonds. The van der Waals surface area contributed by atoms with Gasteiger partial charge in [-0.2, -0.15) is 5.10 Å². The molecule has 3 aromatic carbocycles. The number of halogens is 1. The van der Waals surface area contributed by atoms with Gasteiger partial charge in [-0.3, -0.25) is 4.79 Å². The largest absolute Gasteiger partial charge is 0.457 e. The summed E-state index contributed by atoms with van der Waals surface area (Å²) in [5.41, 5.74) is 5.15. The molecule has 9 nitrogen and oxygen atoms in total. The van der Waals surface area contributed by atoms with E-state index in [0.29, 0.717) is 21.6 Å². The van der Waals surface area contributed by atoms with E-state index in [1.807, 2.05) is 67.6 Å². The molecule has 4 rings (SSSR count). The van der Waals surface area contributed by atoms with E-state index in [2.05, 4.69) is 26.0 Å². The summed E-state index contributed by atoms with van der Waals surface area (Å²) in [4.78, 5) is 12.3. The van der Waals surface area contributed by atoms with Gasteiger partial charge in [0, 0.05) is 10.7 Å². The van der Waals surface area contributed by atoms with Crippen molar-refractivity contribution in [2.45, 2.75) is 12.1 Å². The number of hydrogen-bond acceptors (Lipinski definition) is 8. The maximum Gasteiger partial charge on any atom is 0.264 e. The standard InChI is InChI=1S/C24H22ClN7O2S/c1-16-10-11-18(25)13-21(16)28-22(33)15-35-24-31-30-23(32(24)26)29-27-14-17-6-5-9-20(12-17)34-19-7-3-2-4-8-19/h2-14H,15,26H2,1H3,(H,28,33)(H,29,30)/b27-14+. The Labute approximate surface area is 211 Å². The normalized spacial score (nSPS) is 10.9. The van der Waals surface area contributed by atoms with E-state index in [1.54, 1.807) is 18.3 Å². The number of para-hydroxylation sites is 1. The van der Waals surface area contributed by atoms with Crippen LogP contribution in [0.4, 0.5) is 11.6 Å². The maximum absolute atomic E-state index is 12.3. The number of nitrogens with one attached hydrogen (secondary N) is 2. The number of aromatic nitrogens is 3. The first kappa shape index (κ1) is 24.1. The third-order valence-corrected chi connectivity index (χ3v) is 5.86. The smallest absolute Gasteiger partial charge is 0.264 e. The monoisotopic (exact) mass is 507 g/mol. The number of anilines is 2. The van der Waals surface area contributed by atoms with Gasteiger partial charge in [0.25, 0.3) is 5.95 Å². The number of nitrogen functional groups attached to an aromatic ring is 1. The lowest BCUT2D eigenvalue weighted by atomic mass is 10.2. The fourth-order valence-electron chi connectivity index (χ4n) is 2.94. The summed E-state index contributed by atoms with van der Waals surface area (Å²) in [6.45, 7) is 1.89. The summed E-state index contributed by atoms with van der Waals surface area (Å²) in [5, 5.41) is 15.9. The SMILES string of the molecule is Cc1ccc(Cl)cc1NC(=O)CSc1nnc(N/N=C/c2cccc(Oc3ccccc3)c2)n1N. The molecule has 0 bridgehead atoms. The van der Waals surface area contributed by atoms with Crippen LogP contribution >= 0.6 is 23.4 Å². The summed E-state index contributed by atoms with van der Waals surface area (Å²) in [7, 11) is 0. The van der Waals surface area contributed by atoms with Crippen LogP contribution in [0, 0.1) is 6.92 Å². The minimum atomic E-state index is -0.214. The summed E-state index contributed by atoms with van der Waals surface area (Å²) in [6.07, 6.45) is 1.61. The quantitative estimate of drug-likeness (QED) is 0.127. The minimum Gasteiger partial charge on any atom is -0.457 e. The molecule has 0 aliphatic carbocycles. The highest BCUT2D eigenvalue weighted by molar-refractivity contribution is 7.99. The fraction of sp³-hybridized carbons (Fsp3) is 0.0833. The molecule has 0 unspecified atom stereocenters. The highest BCUT2D eigenvalue weighted by atomic mass is 35.5. The second-order valence-electron chi connectivity index (χ2n) is 7.33. The Kier molecular flexibility index (Phi) is 7.86. The number of carbonyl (C=O) groups is 1. The van der Waals surface area contributed by atoms with E-state index < -0.39 is 0 Å². The van der Waals surface area contributed by atoms with Crippen LogP contribution in [0.15, 0.2) is 83.1 Å². The number of nitrogens with two attached hydrogens (primary N) is 1. The van der Waals surface area contributed by atoms with Crippen LogP contribution in [0.5, 0.6) is 11.5 Å².